The third-order valence-electron chi connectivity index (χ3n) is 3.49. The van der Waals surface area contributed by atoms with Crippen molar-refractivity contribution >= 4 is 18.0 Å². The standard InChI is InChI=1S/C17H23NO5/c1-4-12(3)15(13-9-7-6-8-10-13)16(20)23-11-14(19)18-17(21)22-5-2/h6-10,12,15H,4-5,11H2,1-3H3,(H,18,19,21)/t12-,15+/m0/s1. The zero-order valence-corrected chi connectivity index (χ0v) is 13.7. The van der Waals surface area contributed by atoms with Gasteiger partial charge in [-0.2, -0.15) is 0 Å². The van der Waals surface area contributed by atoms with Gasteiger partial charge in [0.2, 0.25) is 0 Å². The summed E-state index contributed by atoms with van der Waals surface area (Å²) in [5.41, 5.74) is 0.845. The number of benzene rings is 1. The summed E-state index contributed by atoms with van der Waals surface area (Å²) in [5, 5.41) is 1.98. The van der Waals surface area contributed by atoms with Gasteiger partial charge in [-0.1, -0.05) is 50.6 Å². The summed E-state index contributed by atoms with van der Waals surface area (Å²) in [7, 11) is 0. The fourth-order valence-electron chi connectivity index (χ4n) is 2.14. The van der Waals surface area contributed by atoms with Crippen LogP contribution in [0.15, 0.2) is 30.3 Å². The Hall–Kier alpha value is -2.37. The molecule has 6 heteroatoms. The number of hydrogen-bond donors (Lipinski definition) is 1. The first-order valence-electron chi connectivity index (χ1n) is 7.67. The van der Waals surface area contributed by atoms with Gasteiger partial charge in [0, 0.05) is 0 Å². The smallest absolute Gasteiger partial charge is 0.413 e. The van der Waals surface area contributed by atoms with Crippen molar-refractivity contribution in [2.45, 2.75) is 33.1 Å². The lowest BCUT2D eigenvalue weighted by molar-refractivity contribution is -0.151. The van der Waals surface area contributed by atoms with Gasteiger partial charge in [-0.15, -0.1) is 0 Å². The molecule has 0 aliphatic carbocycles. The van der Waals surface area contributed by atoms with Crippen LogP contribution in [-0.4, -0.2) is 31.2 Å². The van der Waals surface area contributed by atoms with Crippen molar-refractivity contribution in [3.8, 4) is 0 Å². The molecule has 1 aromatic rings. The average Bonchev–Trinajstić information content (AvgIpc) is 2.54. The molecular formula is C17H23NO5. The maximum absolute atomic E-state index is 12.3. The highest BCUT2D eigenvalue weighted by Gasteiger charge is 2.27. The summed E-state index contributed by atoms with van der Waals surface area (Å²) in [5.74, 6) is -1.58. The van der Waals surface area contributed by atoms with Crippen molar-refractivity contribution in [2.24, 2.45) is 5.92 Å². The molecule has 0 aliphatic heterocycles. The van der Waals surface area contributed by atoms with Gasteiger partial charge in [-0.3, -0.25) is 14.9 Å². The number of esters is 1. The summed E-state index contributed by atoms with van der Waals surface area (Å²) >= 11 is 0. The molecule has 0 saturated carbocycles. The van der Waals surface area contributed by atoms with Crippen molar-refractivity contribution in [1.82, 2.24) is 5.32 Å². The van der Waals surface area contributed by atoms with Crippen LogP contribution in [0.1, 0.15) is 38.7 Å². The zero-order valence-electron chi connectivity index (χ0n) is 13.7. The minimum absolute atomic E-state index is 0.0676. The molecule has 0 aromatic heterocycles. The van der Waals surface area contributed by atoms with E-state index in [9.17, 15) is 14.4 Å². The number of carbonyl (C=O) groups excluding carboxylic acids is 3. The van der Waals surface area contributed by atoms with Crippen LogP contribution >= 0.6 is 0 Å². The normalized spacial score (nSPS) is 12.8. The van der Waals surface area contributed by atoms with E-state index in [4.69, 9.17) is 4.74 Å². The highest BCUT2D eigenvalue weighted by atomic mass is 16.6. The molecule has 126 valence electrons. The third-order valence-corrected chi connectivity index (χ3v) is 3.49. The molecule has 0 spiro atoms. The number of nitrogens with one attached hydrogen (secondary N) is 1. The minimum Gasteiger partial charge on any atom is -0.455 e. The maximum atomic E-state index is 12.3. The topological polar surface area (TPSA) is 81.7 Å². The van der Waals surface area contributed by atoms with Gasteiger partial charge in [-0.05, 0) is 18.4 Å². The van der Waals surface area contributed by atoms with Gasteiger partial charge >= 0.3 is 12.1 Å². The highest BCUT2D eigenvalue weighted by Crippen LogP contribution is 2.28. The van der Waals surface area contributed by atoms with Crippen LogP contribution in [0.4, 0.5) is 4.79 Å². The van der Waals surface area contributed by atoms with Crippen LogP contribution in [0.3, 0.4) is 0 Å². The van der Waals surface area contributed by atoms with E-state index >= 15 is 0 Å². The summed E-state index contributed by atoms with van der Waals surface area (Å²) in [6.07, 6.45) is -0.0565. The summed E-state index contributed by atoms with van der Waals surface area (Å²) in [4.78, 5) is 35.0. The lowest BCUT2D eigenvalue weighted by Gasteiger charge is -2.21. The van der Waals surface area contributed by atoms with E-state index in [1.54, 1.807) is 6.92 Å². The van der Waals surface area contributed by atoms with E-state index in [0.29, 0.717) is 0 Å². The summed E-state index contributed by atoms with van der Waals surface area (Å²) in [6.45, 7) is 5.21. The van der Waals surface area contributed by atoms with E-state index in [2.05, 4.69) is 4.74 Å². The number of ether oxygens (including phenoxy) is 2. The van der Waals surface area contributed by atoms with E-state index in [1.807, 2.05) is 49.5 Å². The first kappa shape index (κ1) is 18.7. The van der Waals surface area contributed by atoms with Gasteiger partial charge in [0.05, 0.1) is 12.5 Å². The maximum Gasteiger partial charge on any atom is 0.413 e. The number of imide groups is 1. The predicted molar refractivity (Wildman–Crippen MR) is 84.8 cm³/mol. The molecule has 1 N–H and O–H groups in total. The minimum atomic E-state index is -0.852. The van der Waals surface area contributed by atoms with Crippen molar-refractivity contribution in [1.29, 1.82) is 0 Å². The summed E-state index contributed by atoms with van der Waals surface area (Å²) < 4.78 is 9.64. The molecule has 0 fully saturated rings. The molecule has 6 nitrogen and oxygen atoms in total. The molecule has 0 saturated heterocycles. The Kier molecular flexibility index (Phi) is 7.80. The molecule has 0 unspecified atom stereocenters. The van der Waals surface area contributed by atoms with E-state index in [-0.39, 0.29) is 12.5 Å². The quantitative estimate of drug-likeness (QED) is 0.781. The fraction of sp³-hybridized carbons (Fsp3) is 0.471. The van der Waals surface area contributed by atoms with Crippen LogP contribution in [0.5, 0.6) is 0 Å². The molecule has 23 heavy (non-hydrogen) atoms. The molecule has 1 rings (SSSR count). The van der Waals surface area contributed by atoms with E-state index in [1.165, 1.54) is 0 Å². The van der Waals surface area contributed by atoms with Gasteiger partial charge in [-0.25, -0.2) is 4.79 Å². The average molecular weight is 321 g/mol. The van der Waals surface area contributed by atoms with Crippen LogP contribution < -0.4 is 5.32 Å². The molecule has 0 radical (unpaired) electrons. The van der Waals surface area contributed by atoms with Crippen molar-refractivity contribution in [3.63, 3.8) is 0 Å². The second kappa shape index (κ2) is 9.61. The SMILES string of the molecule is CCOC(=O)NC(=O)COC(=O)[C@@H](c1ccccc1)[C@@H](C)CC. The number of amides is 2. The van der Waals surface area contributed by atoms with Crippen molar-refractivity contribution < 1.29 is 23.9 Å². The van der Waals surface area contributed by atoms with Gasteiger partial charge in [0.1, 0.15) is 0 Å². The molecule has 0 aliphatic rings. The Balaban J connectivity index is 2.65. The Labute approximate surface area is 136 Å². The van der Waals surface area contributed by atoms with Crippen LogP contribution in [-0.2, 0) is 19.1 Å². The Morgan fingerprint density at radius 1 is 1.09 bits per heavy atom. The predicted octanol–water partition coefficient (Wildman–Crippen LogP) is 2.63. The second-order valence-corrected chi connectivity index (χ2v) is 5.15. The second-order valence-electron chi connectivity index (χ2n) is 5.15. The Morgan fingerprint density at radius 2 is 1.74 bits per heavy atom. The first-order valence-corrected chi connectivity index (χ1v) is 7.67. The highest BCUT2D eigenvalue weighted by molar-refractivity contribution is 5.93. The lowest BCUT2D eigenvalue weighted by Crippen LogP contribution is -2.35. The monoisotopic (exact) mass is 321 g/mol. The molecule has 2 atom stereocenters. The van der Waals surface area contributed by atoms with Gasteiger partial charge < -0.3 is 9.47 Å². The van der Waals surface area contributed by atoms with Crippen LogP contribution in [0.25, 0.3) is 0 Å². The first-order chi connectivity index (χ1) is 11.0. The van der Waals surface area contributed by atoms with E-state index < -0.39 is 30.5 Å². The number of rotatable bonds is 7. The third kappa shape index (κ3) is 6.10. The van der Waals surface area contributed by atoms with Crippen LogP contribution in [0, 0.1) is 5.92 Å². The van der Waals surface area contributed by atoms with Crippen molar-refractivity contribution in [3.05, 3.63) is 35.9 Å². The number of hydrogen-bond acceptors (Lipinski definition) is 5. The zero-order chi connectivity index (χ0) is 17.2. The van der Waals surface area contributed by atoms with Gasteiger partial charge in [0.25, 0.3) is 5.91 Å². The molecule has 0 bridgehead atoms. The summed E-state index contributed by atoms with van der Waals surface area (Å²) in [6, 6.07) is 9.29. The van der Waals surface area contributed by atoms with Crippen LogP contribution in [0.2, 0.25) is 0 Å². The fourth-order valence-corrected chi connectivity index (χ4v) is 2.14. The van der Waals surface area contributed by atoms with Gasteiger partial charge in [0.15, 0.2) is 6.61 Å². The lowest BCUT2D eigenvalue weighted by atomic mass is 9.86. The Bertz CT molecular complexity index is 529. The molecule has 2 amide bonds. The van der Waals surface area contributed by atoms with Crippen molar-refractivity contribution in [2.75, 3.05) is 13.2 Å². The molecule has 0 heterocycles. The van der Waals surface area contributed by atoms with E-state index in [0.717, 1.165) is 12.0 Å². The Morgan fingerprint density at radius 3 is 2.30 bits per heavy atom. The number of carbonyl (C=O) groups is 3. The largest absolute Gasteiger partial charge is 0.455 e. The molecular weight excluding hydrogens is 298 g/mol. The molecule has 1 aromatic carbocycles. The number of alkyl carbamates (subject to hydrolysis) is 1.